The van der Waals surface area contributed by atoms with E-state index < -0.39 is 18.1 Å². The van der Waals surface area contributed by atoms with Crippen LogP contribution in [0.3, 0.4) is 0 Å². The lowest BCUT2D eigenvalue weighted by molar-refractivity contribution is -0.136. The van der Waals surface area contributed by atoms with Gasteiger partial charge in [-0.1, -0.05) is 49.4 Å². The molecule has 44 heavy (non-hydrogen) atoms. The highest BCUT2D eigenvalue weighted by Crippen LogP contribution is 2.25. The van der Waals surface area contributed by atoms with Gasteiger partial charge >= 0.3 is 0 Å². The Morgan fingerprint density at radius 3 is 2.34 bits per heavy atom. The topological polar surface area (TPSA) is 141 Å². The molecule has 11 heteroatoms. The molecule has 3 rings (SSSR count). The van der Waals surface area contributed by atoms with Crippen LogP contribution in [0.15, 0.2) is 54.6 Å². The number of methoxy groups -OCH3 is 1. The van der Waals surface area contributed by atoms with Crippen LogP contribution in [-0.2, 0) is 36.9 Å². The minimum Gasteiger partial charge on any atom is -0.378 e. The molecule has 5 atom stereocenters. The lowest BCUT2D eigenvalue weighted by Gasteiger charge is -2.32. The lowest BCUT2D eigenvalue weighted by Crippen LogP contribution is -2.53. The molecule has 11 nitrogen and oxygen atoms in total. The van der Waals surface area contributed by atoms with Crippen LogP contribution in [0.25, 0.3) is 0 Å². The molecule has 1 aliphatic heterocycles. The molecular weight excluding hydrogens is 560 g/mol. The molecule has 2 aromatic rings. The average Bonchev–Trinajstić information content (AvgIpc) is 3.51. The Labute approximate surface area is 260 Å². The van der Waals surface area contributed by atoms with Gasteiger partial charge in [0.1, 0.15) is 6.04 Å². The van der Waals surface area contributed by atoms with Crippen molar-refractivity contribution in [2.75, 3.05) is 39.6 Å². The molecule has 1 saturated heterocycles. The zero-order valence-corrected chi connectivity index (χ0v) is 26.3. The number of hydrogen-bond acceptors (Lipinski definition) is 7. The maximum atomic E-state index is 13.4. The summed E-state index contributed by atoms with van der Waals surface area (Å²) in [4.78, 5) is 52.7. The van der Waals surface area contributed by atoms with Crippen LogP contribution in [0.1, 0.15) is 43.7 Å². The molecule has 2 aromatic carbocycles. The van der Waals surface area contributed by atoms with Crippen molar-refractivity contribution in [3.8, 4) is 0 Å². The fraction of sp³-hybridized carbons (Fsp3) is 0.515. The summed E-state index contributed by atoms with van der Waals surface area (Å²) in [6, 6.07) is 15.6. The minimum absolute atomic E-state index is 0.0964. The number of nitrogens with zero attached hydrogens (tertiary/aromatic N) is 1. The number of hydrogen-bond donors (Lipinski definition) is 5. The predicted octanol–water partition coefficient (Wildman–Crippen LogP) is 1.83. The highest BCUT2D eigenvalue weighted by Gasteiger charge is 2.38. The normalized spacial score (nSPS) is 17.3. The van der Waals surface area contributed by atoms with E-state index in [0.717, 1.165) is 49.8 Å². The van der Waals surface area contributed by atoms with Crippen molar-refractivity contribution in [2.45, 2.75) is 69.8 Å². The summed E-state index contributed by atoms with van der Waals surface area (Å²) in [6.45, 7) is 3.51. The fourth-order valence-electron chi connectivity index (χ4n) is 5.64. The van der Waals surface area contributed by atoms with Crippen molar-refractivity contribution in [2.24, 2.45) is 5.92 Å². The summed E-state index contributed by atoms with van der Waals surface area (Å²) in [7, 11) is 5.21. The van der Waals surface area contributed by atoms with Crippen molar-refractivity contribution < 1.29 is 23.9 Å². The molecule has 0 spiro atoms. The van der Waals surface area contributed by atoms with Crippen LogP contribution < -0.4 is 26.6 Å². The van der Waals surface area contributed by atoms with Gasteiger partial charge in [0.2, 0.25) is 24.1 Å². The van der Waals surface area contributed by atoms with E-state index in [0.29, 0.717) is 18.7 Å². The Morgan fingerprint density at radius 2 is 1.70 bits per heavy atom. The highest BCUT2D eigenvalue weighted by atomic mass is 16.5. The van der Waals surface area contributed by atoms with Gasteiger partial charge in [0, 0.05) is 32.3 Å². The van der Waals surface area contributed by atoms with Crippen molar-refractivity contribution in [1.82, 2.24) is 26.2 Å². The molecule has 0 saturated carbocycles. The summed E-state index contributed by atoms with van der Waals surface area (Å²) in [5, 5.41) is 15.0. The number of likely N-dealkylation sites (N-methyl/N-ethyl adjacent to an activating group) is 1. The van der Waals surface area contributed by atoms with Crippen molar-refractivity contribution in [3.63, 3.8) is 0 Å². The second-order valence-electron chi connectivity index (χ2n) is 11.3. The molecule has 5 N–H and O–H groups in total. The highest BCUT2D eigenvalue weighted by molar-refractivity contribution is 5.94. The maximum Gasteiger partial charge on any atom is 0.243 e. The van der Waals surface area contributed by atoms with Crippen LogP contribution >= 0.6 is 0 Å². The van der Waals surface area contributed by atoms with Crippen molar-refractivity contribution in [3.05, 3.63) is 65.7 Å². The van der Waals surface area contributed by atoms with Gasteiger partial charge in [-0.2, -0.15) is 0 Å². The first-order valence-electron chi connectivity index (χ1n) is 15.4. The predicted molar refractivity (Wildman–Crippen MR) is 171 cm³/mol. The van der Waals surface area contributed by atoms with Gasteiger partial charge in [-0.3, -0.25) is 19.2 Å². The number of likely N-dealkylation sites (tertiary alicyclic amines) is 1. The monoisotopic (exact) mass is 608 g/mol. The summed E-state index contributed by atoms with van der Waals surface area (Å²) in [5.74, 6) is -1.29. The van der Waals surface area contributed by atoms with Gasteiger partial charge in [-0.05, 0) is 69.6 Å². The Morgan fingerprint density at radius 1 is 0.977 bits per heavy atom. The first-order valence-corrected chi connectivity index (χ1v) is 15.4. The number of rotatable bonds is 18. The van der Waals surface area contributed by atoms with E-state index in [9.17, 15) is 19.2 Å². The summed E-state index contributed by atoms with van der Waals surface area (Å²) in [5.41, 5.74) is 2.44. The third-order valence-electron chi connectivity index (χ3n) is 8.22. The van der Waals surface area contributed by atoms with Gasteiger partial charge in [0.05, 0.1) is 24.1 Å². The van der Waals surface area contributed by atoms with E-state index in [1.165, 1.54) is 0 Å². The number of carbonyl (C=O) groups excluding carboxylic acids is 4. The fourth-order valence-corrected chi connectivity index (χ4v) is 5.64. The molecule has 1 fully saturated rings. The Kier molecular flexibility index (Phi) is 14.3. The number of carbonyl (C=O) groups is 4. The van der Waals surface area contributed by atoms with Gasteiger partial charge in [-0.25, -0.2) is 0 Å². The molecule has 240 valence electrons. The van der Waals surface area contributed by atoms with E-state index in [1.54, 1.807) is 38.1 Å². The third-order valence-corrected chi connectivity index (χ3v) is 8.22. The standard InChI is InChI=1S/C33H48N6O5/c1-23(30(44-4)29-13-9-19-39(29)22-40)31(41)38-28(20-24-10-6-5-7-11-24)32(42)36-21-25-14-16-26(17-15-25)37-33(43)27(35-3)12-8-18-34-2/h5-7,10-11,14-17,22-23,27-30,34-35H,8-9,12-13,18-21H2,1-4H3,(H,36,42)(H,37,43)(H,38,41). The molecular formula is C33H48N6O5. The zero-order valence-electron chi connectivity index (χ0n) is 26.3. The Hall–Kier alpha value is -3.80. The second-order valence-corrected chi connectivity index (χ2v) is 11.3. The van der Waals surface area contributed by atoms with E-state index in [1.807, 2.05) is 49.5 Å². The summed E-state index contributed by atoms with van der Waals surface area (Å²) >= 11 is 0. The Balaban J connectivity index is 1.62. The molecule has 0 radical (unpaired) electrons. The number of benzene rings is 2. The van der Waals surface area contributed by atoms with E-state index in [4.69, 9.17) is 4.74 Å². The smallest absolute Gasteiger partial charge is 0.243 e. The van der Waals surface area contributed by atoms with Gasteiger partial charge in [-0.15, -0.1) is 0 Å². The molecule has 0 aromatic heterocycles. The summed E-state index contributed by atoms with van der Waals surface area (Å²) < 4.78 is 5.70. The molecule has 1 aliphatic rings. The quantitative estimate of drug-likeness (QED) is 0.128. The second kappa shape index (κ2) is 18.1. The summed E-state index contributed by atoms with van der Waals surface area (Å²) in [6.07, 6.45) is 3.86. The molecule has 1 heterocycles. The number of amides is 4. The van der Waals surface area contributed by atoms with Gasteiger partial charge in [0.15, 0.2) is 0 Å². The van der Waals surface area contributed by atoms with Gasteiger partial charge in [0.25, 0.3) is 0 Å². The van der Waals surface area contributed by atoms with Crippen LogP contribution in [0, 0.1) is 5.92 Å². The largest absolute Gasteiger partial charge is 0.378 e. The molecule has 0 bridgehead atoms. The SMILES string of the molecule is CNCCCC(NC)C(=O)Nc1ccc(CNC(=O)C(Cc2ccccc2)NC(=O)C(C)C(OC)C2CCCN2C=O)cc1. The molecule has 4 amide bonds. The van der Waals surface area contributed by atoms with Crippen molar-refractivity contribution in [1.29, 1.82) is 0 Å². The van der Waals surface area contributed by atoms with Crippen LogP contribution in [0.4, 0.5) is 5.69 Å². The number of ether oxygens (including phenoxy) is 1. The third kappa shape index (κ3) is 10.1. The lowest BCUT2D eigenvalue weighted by atomic mass is 9.94. The Bertz CT molecular complexity index is 1190. The number of anilines is 1. The van der Waals surface area contributed by atoms with Crippen molar-refractivity contribution >= 4 is 29.8 Å². The van der Waals surface area contributed by atoms with E-state index in [2.05, 4.69) is 26.6 Å². The average molecular weight is 609 g/mol. The first-order chi connectivity index (χ1) is 21.3. The minimum atomic E-state index is -0.810. The zero-order chi connectivity index (χ0) is 31.9. The van der Waals surface area contributed by atoms with E-state index >= 15 is 0 Å². The molecule has 0 aliphatic carbocycles. The van der Waals surface area contributed by atoms with Crippen LogP contribution in [-0.4, -0.2) is 87.6 Å². The van der Waals surface area contributed by atoms with Gasteiger partial charge < -0.3 is 36.2 Å². The van der Waals surface area contributed by atoms with Crippen LogP contribution in [0.2, 0.25) is 0 Å². The van der Waals surface area contributed by atoms with Crippen LogP contribution in [0.5, 0.6) is 0 Å². The molecule has 5 unspecified atom stereocenters. The van der Waals surface area contributed by atoms with E-state index in [-0.39, 0.29) is 36.3 Å². The number of nitrogens with one attached hydrogen (secondary N) is 5. The maximum absolute atomic E-state index is 13.4. The first kappa shape index (κ1) is 34.7.